The third-order valence-electron chi connectivity index (χ3n) is 2.07. The summed E-state index contributed by atoms with van der Waals surface area (Å²) in [7, 11) is 0. The van der Waals surface area contributed by atoms with Gasteiger partial charge < -0.3 is 16.2 Å². The highest BCUT2D eigenvalue weighted by atomic mass is 19.4. The lowest BCUT2D eigenvalue weighted by molar-refractivity contribution is -0.198. The number of nitrogens with two attached hydrogens (primary N) is 1. The van der Waals surface area contributed by atoms with E-state index in [0.717, 1.165) is 5.56 Å². The van der Waals surface area contributed by atoms with Crippen molar-refractivity contribution in [3.63, 3.8) is 0 Å². The zero-order valence-corrected chi connectivity index (χ0v) is 8.67. The lowest BCUT2D eigenvalue weighted by atomic mass is 10.2. The van der Waals surface area contributed by atoms with Crippen molar-refractivity contribution < 1.29 is 18.3 Å². The number of hydrogen-bond acceptors (Lipinski definition) is 3. The molecule has 1 unspecified atom stereocenters. The number of alkyl halides is 3. The van der Waals surface area contributed by atoms with Crippen molar-refractivity contribution in [2.24, 2.45) is 0 Å². The second-order valence-electron chi connectivity index (χ2n) is 3.53. The Balaban J connectivity index is 2.64. The Morgan fingerprint density at radius 1 is 1.44 bits per heavy atom. The van der Waals surface area contributed by atoms with E-state index in [4.69, 9.17) is 10.8 Å². The molecule has 0 aliphatic heterocycles. The molecule has 1 rings (SSSR count). The average molecular weight is 234 g/mol. The monoisotopic (exact) mass is 234 g/mol. The maximum atomic E-state index is 12.0. The smallest absolute Gasteiger partial charge is 0.397 e. The molecule has 6 heteroatoms. The topological polar surface area (TPSA) is 58.3 Å². The molecule has 1 aromatic carbocycles. The Hall–Kier alpha value is -1.43. The van der Waals surface area contributed by atoms with E-state index in [2.05, 4.69) is 5.32 Å². The Morgan fingerprint density at radius 3 is 2.62 bits per heavy atom. The van der Waals surface area contributed by atoms with Gasteiger partial charge in [-0.3, -0.25) is 0 Å². The fourth-order valence-corrected chi connectivity index (χ4v) is 1.15. The van der Waals surface area contributed by atoms with Crippen molar-refractivity contribution in [3.05, 3.63) is 23.8 Å². The summed E-state index contributed by atoms with van der Waals surface area (Å²) >= 11 is 0. The SMILES string of the molecule is Cc1ccc(N)c(NCC(O)C(F)(F)F)c1. The molecule has 3 nitrogen and oxygen atoms in total. The van der Waals surface area contributed by atoms with Crippen LogP contribution in [0.2, 0.25) is 0 Å². The van der Waals surface area contributed by atoms with Crippen LogP contribution >= 0.6 is 0 Å². The van der Waals surface area contributed by atoms with E-state index in [0.29, 0.717) is 11.4 Å². The number of nitrogen functional groups attached to an aromatic ring is 1. The Bertz CT molecular complexity index is 366. The van der Waals surface area contributed by atoms with Crippen LogP contribution in [0.1, 0.15) is 5.56 Å². The molecule has 0 spiro atoms. The van der Waals surface area contributed by atoms with Crippen LogP contribution in [0.15, 0.2) is 18.2 Å². The van der Waals surface area contributed by atoms with Crippen molar-refractivity contribution in [2.75, 3.05) is 17.6 Å². The molecule has 0 aliphatic carbocycles. The fraction of sp³-hybridized carbons (Fsp3) is 0.400. The van der Waals surface area contributed by atoms with Crippen LogP contribution in [0.4, 0.5) is 24.5 Å². The van der Waals surface area contributed by atoms with Gasteiger partial charge in [0.25, 0.3) is 0 Å². The number of aliphatic hydroxyl groups excluding tert-OH is 1. The quantitative estimate of drug-likeness (QED) is 0.700. The molecule has 0 amide bonds. The van der Waals surface area contributed by atoms with E-state index >= 15 is 0 Å². The third-order valence-corrected chi connectivity index (χ3v) is 2.07. The van der Waals surface area contributed by atoms with E-state index < -0.39 is 18.8 Å². The molecule has 0 saturated heterocycles. The Morgan fingerprint density at radius 2 is 2.06 bits per heavy atom. The van der Waals surface area contributed by atoms with Gasteiger partial charge in [-0.1, -0.05) is 6.07 Å². The van der Waals surface area contributed by atoms with E-state index in [1.807, 2.05) is 0 Å². The van der Waals surface area contributed by atoms with Crippen molar-refractivity contribution in [1.82, 2.24) is 0 Å². The molecule has 0 radical (unpaired) electrons. The summed E-state index contributed by atoms with van der Waals surface area (Å²) in [6.45, 7) is 1.18. The number of hydrogen-bond donors (Lipinski definition) is 3. The predicted octanol–water partition coefficient (Wildman–Crippen LogP) is 1.91. The van der Waals surface area contributed by atoms with Gasteiger partial charge in [-0.15, -0.1) is 0 Å². The number of benzene rings is 1. The first-order chi connectivity index (χ1) is 7.30. The van der Waals surface area contributed by atoms with Gasteiger partial charge in [-0.2, -0.15) is 13.2 Å². The normalized spacial score (nSPS) is 13.6. The minimum Gasteiger partial charge on any atom is -0.397 e. The zero-order chi connectivity index (χ0) is 12.3. The molecule has 0 saturated carbocycles. The van der Waals surface area contributed by atoms with Gasteiger partial charge in [0.2, 0.25) is 0 Å². The van der Waals surface area contributed by atoms with Crippen molar-refractivity contribution in [2.45, 2.75) is 19.2 Å². The number of aliphatic hydroxyl groups is 1. The van der Waals surface area contributed by atoms with Crippen LogP contribution in [0.25, 0.3) is 0 Å². The van der Waals surface area contributed by atoms with Crippen LogP contribution in [0.3, 0.4) is 0 Å². The Kier molecular flexibility index (Phi) is 3.64. The minimum atomic E-state index is -4.62. The fourth-order valence-electron chi connectivity index (χ4n) is 1.15. The number of aryl methyl sites for hydroxylation is 1. The first-order valence-corrected chi connectivity index (χ1v) is 4.65. The van der Waals surface area contributed by atoms with Gasteiger partial charge >= 0.3 is 6.18 Å². The molecular formula is C10H13F3N2O. The first kappa shape index (κ1) is 12.6. The summed E-state index contributed by atoms with van der Waals surface area (Å²) in [6, 6.07) is 4.97. The molecule has 0 aromatic heterocycles. The maximum absolute atomic E-state index is 12.0. The lowest BCUT2D eigenvalue weighted by Gasteiger charge is -2.16. The molecule has 1 aromatic rings. The minimum absolute atomic E-state index is 0.347. The highest BCUT2D eigenvalue weighted by Crippen LogP contribution is 2.23. The molecule has 0 fully saturated rings. The zero-order valence-electron chi connectivity index (χ0n) is 8.67. The van der Waals surface area contributed by atoms with Gasteiger partial charge in [-0.25, -0.2) is 0 Å². The summed E-state index contributed by atoms with van der Waals surface area (Å²) in [6.07, 6.45) is -7.02. The Labute approximate surface area is 91.1 Å². The number of nitrogens with one attached hydrogen (secondary N) is 1. The molecule has 4 N–H and O–H groups in total. The van der Waals surface area contributed by atoms with Crippen LogP contribution in [-0.4, -0.2) is 23.9 Å². The summed E-state index contributed by atoms with van der Waals surface area (Å²) in [5, 5.41) is 11.2. The van der Waals surface area contributed by atoms with E-state index in [-0.39, 0.29) is 0 Å². The molecule has 90 valence electrons. The molecule has 1 atom stereocenters. The average Bonchev–Trinajstić information content (AvgIpc) is 2.17. The number of anilines is 2. The van der Waals surface area contributed by atoms with Crippen molar-refractivity contribution >= 4 is 11.4 Å². The number of rotatable bonds is 3. The highest BCUT2D eigenvalue weighted by molar-refractivity contribution is 5.66. The maximum Gasteiger partial charge on any atom is 0.416 e. The van der Waals surface area contributed by atoms with Gasteiger partial charge in [0.15, 0.2) is 6.10 Å². The van der Waals surface area contributed by atoms with E-state index in [1.54, 1.807) is 25.1 Å². The van der Waals surface area contributed by atoms with Crippen molar-refractivity contribution in [3.8, 4) is 0 Å². The molecule has 16 heavy (non-hydrogen) atoms. The second kappa shape index (κ2) is 4.61. The van der Waals surface area contributed by atoms with Crippen LogP contribution in [0, 0.1) is 6.92 Å². The van der Waals surface area contributed by atoms with E-state index in [9.17, 15) is 13.2 Å². The highest BCUT2D eigenvalue weighted by Gasteiger charge is 2.37. The third kappa shape index (κ3) is 3.30. The first-order valence-electron chi connectivity index (χ1n) is 4.65. The molecule has 0 heterocycles. The van der Waals surface area contributed by atoms with Crippen LogP contribution in [-0.2, 0) is 0 Å². The molecule has 0 aliphatic rings. The lowest BCUT2D eigenvalue weighted by Crippen LogP contribution is -2.35. The summed E-state index contributed by atoms with van der Waals surface area (Å²) < 4.78 is 36.0. The van der Waals surface area contributed by atoms with Gasteiger partial charge in [0, 0.05) is 6.54 Å². The van der Waals surface area contributed by atoms with E-state index in [1.165, 1.54) is 0 Å². The van der Waals surface area contributed by atoms with Gasteiger partial charge in [0.05, 0.1) is 11.4 Å². The molecule has 0 bridgehead atoms. The second-order valence-corrected chi connectivity index (χ2v) is 3.53. The van der Waals surface area contributed by atoms with Crippen molar-refractivity contribution in [1.29, 1.82) is 0 Å². The van der Waals surface area contributed by atoms with Crippen LogP contribution in [0.5, 0.6) is 0 Å². The van der Waals surface area contributed by atoms with Gasteiger partial charge in [-0.05, 0) is 24.6 Å². The predicted molar refractivity (Wildman–Crippen MR) is 56.1 cm³/mol. The van der Waals surface area contributed by atoms with Gasteiger partial charge in [0.1, 0.15) is 0 Å². The number of halogens is 3. The largest absolute Gasteiger partial charge is 0.416 e. The summed E-state index contributed by atoms with van der Waals surface area (Å²) in [5.74, 6) is 0. The standard InChI is InChI=1S/C10H13F3N2O/c1-6-2-3-7(14)8(4-6)15-5-9(16)10(11,12)13/h2-4,9,15-16H,5,14H2,1H3. The van der Waals surface area contributed by atoms with Crippen LogP contribution < -0.4 is 11.1 Å². The summed E-state index contributed by atoms with van der Waals surface area (Å²) in [5.41, 5.74) is 7.17. The molecular weight excluding hydrogens is 221 g/mol. The summed E-state index contributed by atoms with van der Waals surface area (Å²) in [4.78, 5) is 0.